The average Bonchev–Trinajstić information content (AvgIpc) is 2.90. The van der Waals surface area contributed by atoms with E-state index in [1.807, 2.05) is 0 Å². The Bertz CT molecular complexity index is 639. The summed E-state index contributed by atoms with van der Waals surface area (Å²) < 4.78 is 5.73. The molecule has 0 heterocycles. The standard InChI is InChI=1S/C21H31NO3/c1-13(23)25-19-7-6-17-16-5-4-14-12-15(22-24)8-10-20(14,2)18(16)9-11-21(17,19)3/h12,16-19,24H,4-11H2,1-3H3/b22-15-/t16-,17-,18-,19-,20-,21-/m0/s1. The molecule has 0 saturated heterocycles. The molecule has 1 N–H and O–H groups in total. The minimum Gasteiger partial charge on any atom is -0.462 e. The van der Waals surface area contributed by atoms with Gasteiger partial charge in [-0.15, -0.1) is 0 Å². The number of fused-ring (bicyclic) bond motifs is 5. The molecule has 0 bridgehead atoms. The second-order valence-corrected chi connectivity index (χ2v) is 9.31. The molecule has 0 unspecified atom stereocenters. The Morgan fingerprint density at radius 1 is 1.16 bits per heavy atom. The molecule has 0 spiro atoms. The van der Waals surface area contributed by atoms with Crippen LogP contribution < -0.4 is 0 Å². The van der Waals surface area contributed by atoms with Gasteiger partial charge in [-0.1, -0.05) is 24.6 Å². The van der Waals surface area contributed by atoms with E-state index in [1.165, 1.54) is 31.3 Å². The summed E-state index contributed by atoms with van der Waals surface area (Å²) in [6, 6.07) is 0. The topological polar surface area (TPSA) is 58.9 Å². The van der Waals surface area contributed by atoms with Crippen LogP contribution in [-0.4, -0.2) is 23.0 Å². The maximum atomic E-state index is 11.5. The van der Waals surface area contributed by atoms with E-state index < -0.39 is 0 Å². The van der Waals surface area contributed by atoms with Gasteiger partial charge in [0.25, 0.3) is 0 Å². The fourth-order valence-electron chi connectivity index (χ4n) is 7.00. The van der Waals surface area contributed by atoms with E-state index in [9.17, 15) is 4.79 Å². The third kappa shape index (κ3) is 2.47. The van der Waals surface area contributed by atoms with Crippen molar-refractivity contribution in [3.63, 3.8) is 0 Å². The van der Waals surface area contributed by atoms with Crippen LogP contribution in [0.1, 0.15) is 72.1 Å². The minimum absolute atomic E-state index is 0.111. The second kappa shape index (κ2) is 5.85. The first-order chi connectivity index (χ1) is 11.9. The lowest BCUT2D eigenvalue weighted by atomic mass is 9.47. The molecule has 138 valence electrons. The molecule has 4 nitrogen and oxygen atoms in total. The monoisotopic (exact) mass is 345 g/mol. The number of carbonyl (C=O) groups excluding carboxylic acids is 1. The molecule has 25 heavy (non-hydrogen) atoms. The SMILES string of the molecule is CC(=O)O[C@H]1CC[C@H]2[C@@H]3CCC4=C/C(=N\O)CC[C@]4(C)[C@H]3CC[C@]12C. The van der Waals surface area contributed by atoms with Crippen LogP contribution in [0.4, 0.5) is 0 Å². The normalized spacial score (nSPS) is 47.5. The van der Waals surface area contributed by atoms with Crippen LogP contribution in [0.15, 0.2) is 16.8 Å². The van der Waals surface area contributed by atoms with Gasteiger partial charge in [0.15, 0.2) is 0 Å². The third-order valence-electron chi connectivity index (χ3n) is 8.33. The first-order valence-electron chi connectivity index (χ1n) is 9.97. The largest absolute Gasteiger partial charge is 0.462 e. The maximum Gasteiger partial charge on any atom is 0.302 e. The number of ether oxygens (including phenoxy) is 1. The summed E-state index contributed by atoms with van der Waals surface area (Å²) in [5.41, 5.74) is 2.78. The molecule has 0 amide bonds. The van der Waals surface area contributed by atoms with E-state index >= 15 is 0 Å². The van der Waals surface area contributed by atoms with Gasteiger partial charge < -0.3 is 9.94 Å². The molecular weight excluding hydrogens is 314 g/mol. The molecule has 6 atom stereocenters. The van der Waals surface area contributed by atoms with Gasteiger partial charge in [-0.25, -0.2) is 0 Å². The fraction of sp³-hybridized carbons (Fsp3) is 0.810. The predicted octanol–water partition coefficient (Wildman–Crippen LogP) is 4.71. The average molecular weight is 345 g/mol. The molecule has 4 heteroatoms. The van der Waals surface area contributed by atoms with Crippen molar-refractivity contribution in [1.29, 1.82) is 0 Å². The highest BCUT2D eigenvalue weighted by molar-refractivity contribution is 5.96. The first-order valence-corrected chi connectivity index (χ1v) is 9.97. The van der Waals surface area contributed by atoms with E-state index in [1.54, 1.807) is 6.92 Å². The van der Waals surface area contributed by atoms with Crippen LogP contribution in [0.25, 0.3) is 0 Å². The number of allylic oxidation sites excluding steroid dienone is 2. The van der Waals surface area contributed by atoms with E-state index in [4.69, 9.17) is 9.94 Å². The molecule has 3 fully saturated rings. The van der Waals surface area contributed by atoms with E-state index in [2.05, 4.69) is 25.1 Å². The highest BCUT2D eigenvalue weighted by Crippen LogP contribution is 2.65. The molecule has 0 aromatic heterocycles. The first kappa shape index (κ1) is 17.1. The molecule has 0 radical (unpaired) electrons. The highest BCUT2D eigenvalue weighted by atomic mass is 16.5. The molecular formula is C21H31NO3. The molecule has 4 aliphatic rings. The lowest BCUT2D eigenvalue weighted by Crippen LogP contribution is -2.51. The smallest absolute Gasteiger partial charge is 0.302 e. The van der Waals surface area contributed by atoms with Gasteiger partial charge in [0.2, 0.25) is 0 Å². The predicted molar refractivity (Wildman–Crippen MR) is 96.5 cm³/mol. The van der Waals surface area contributed by atoms with Crippen molar-refractivity contribution < 1.29 is 14.7 Å². The van der Waals surface area contributed by atoms with Crippen molar-refractivity contribution in [3.05, 3.63) is 11.6 Å². The molecule has 0 aromatic carbocycles. The van der Waals surface area contributed by atoms with Gasteiger partial charge in [0, 0.05) is 12.3 Å². The van der Waals surface area contributed by atoms with Crippen molar-refractivity contribution >= 4 is 11.7 Å². The van der Waals surface area contributed by atoms with Gasteiger partial charge in [-0.05, 0) is 80.6 Å². The zero-order valence-electron chi connectivity index (χ0n) is 15.8. The number of hydrogen-bond donors (Lipinski definition) is 1. The minimum atomic E-state index is -0.127. The number of rotatable bonds is 1. The summed E-state index contributed by atoms with van der Waals surface area (Å²) in [6.45, 7) is 6.37. The van der Waals surface area contributed by atoms with Crippen LogP contribution in [0, 0.1) is 28.6 Å². The fourth-order valence-corrected chi connectivity index (χ4v) is 7.00. The zero-order valence-corrected chi connectivity index (χ0v) is 15.8. The van der Waals surface area contributed by atoms with Crippen molar-refractivity contribution in [1.82, 2.24) is 0 Å². The Morgan fingerprint density at radius 3 is 2.68 bits per heavy atom. The van der Waals surface area contributed by atoms with Gasteiger partial charge in [-0.2, -0.15) is 0 Å². The summed E-state index contributed by atoms with van der Waals surface area (Å²) in [7, 11) is 0. The van der Waals surface area contributed by atoms with Crippen LogP contribution in [0.5, 0.6) is 0 Å². The van der Waals surface area contributed by atoms with E-state index in [-0.39, 0.29) is 22.9 Å². The summed E-state index contributed by atoms with van der Waals surface area (Å²) in [6.07, 6.45) is 11.3. The summed E-state index contributed by atoms with van der Waals surface area (Å²) in [5, 5.41) is 12.6. The number of nitrogens with zero attached hydrogens (tertiary/aromatic N) is 1. The zero-order chi connectivity index (χ0) is 17.8. The Hall–Kier alpha value is -1.32. The van der Waals surface area contributed by atoms with Crippen molar-refractivity contribution in [2.75, 3.05) is 0 Å². The molecule has 4 rings (SSSR count). The second-order valence-electron chi connectivity index (χ2n) is 9.31. The third-order valence-corrected chi connectivity index (χ3v) is 8.33. The maximum absolute atomic E-state index is 11.5. The Labute approximate surface area is 150 Å². The number of carbonyl (C=O) groups is 1. The lowest BCUT2D eigenvalue weighted by molar-refractivity contribution is -0.157. The van der Waals surface area contributed by atoms with Crippen LogP contribution in [0.3, 0.4) is 0 Å². The van der Waals surface area contributed by atoms with E-state index in [0.29, 0.717) is 5.92 Å². The van der Waals surface area contributed by atoms with Crippen molar-refractivity contribution in [2.45, 2.75) is 78.2 Å². The van der Waals surface area contributed by atoms with Crippen LogP contribution in [-0.2, 0) is 9.53 Å². The Balaban J connectivity index is 1.61. The number of esters is 1. The van der Waals surface area contributed by atoms with Crippen molar-refractivity contribution in [2.24, 2.45) is 33.7 Å². The summed E-state index contributed by atoms with van der Waals surface area (Å²) in [4.78, 5) is 11.5. The van der Waals surface area contributed by atoms with Crippen molar-refractivity contribution in [3.8, 4) is 0 Å². The number of oxime groups is 1. The summed E-state index contributed by atoms with van der Waals surface area (Å²) in [5.74, 6) is 2.02. The Kier molecular flexibility index (Phi) is 4.01. The van der Waals surface area contributed by atoms with Gasteiger partial charge in [-0.3, -0.25) is 4.79 Å². The van der Waals surface area contributed by atoms with Crippen LogP contribution in [0.2, 0.25) is 0 Å². The quantitative estimate of drug-likeness (QED) is 0.425. The number of hydrogen-bond acceptors (Lipinski definition) is 4. The van der Waals surface area contributed by atoms with Gasteiger partial charge >= 0.3 is 5.97 Å². The summed E-state index contributed by atoms with van der Waals surface area (Å²) >= 11 is 0. The lowest BCUT2D eigenvalue weighted by Gasteiger charge is -2.57. The van der Waals surface area contributed by atoms with Gasteiger partial charge in [0.1, 0.15) is 6.10 Å². The molecule has 3 saturated carbocycles. The molecule has 0 aliphatic heterocycles. The Morgan fingerprint density at radius 2 is 1.96 bits per heavy atom. The van der Waals surface area contributed by atoms with E-state index in [0.717, 1.165) is 43.2 Å². The molecule has 0 aromatic rings. The van der Waals surface area contributed by atoms with Gasteiger partial charge in [0.05, 0.1) is 5.71 Å². The molecule has 4 aliphatic carbocycles. The highest BCUT2D eigenvalue weighted by Gasteiger charge is 2.59. The van der Waals surface area contributed by atoms with Crippen LogP contribution >= 0.6 is 0 Å².